The number of aromatic nitrogens is 4. The summed E-state index contributed by atoms with van der Waals surface area (Å²) in [5, 5.41) is 12.8. The largest absolute Gasteiger partial charge is 0.340 e. The van der Waals surface area contributed by atoms with Crippen LogP contribution < -0.4 is 4.90 Å². The van der Waals surface area contributed by atoms with E-state index in [0.717, 1.165) is 30.3 Å². The van der Waals surface area contributed by atoms with Gasteiger partial charge in [0.2, 0.25) is 11.8 Å². The Kier molecular flexibility index (Phi) is 6.30. The van der Waals surface area contributed by atoms with Gasteiger partial charge in [0.1, 0.15) is 0 Å². The van der Waals surface area contributed by atoms with Crippen LogP contribution in [0.3, 0.4) is 0 Å². The fraction of sp³-hybridized carbons (Fsp3) is 0.375. The Balaban J connectivity index is 1.17. The molecule has 2 amide bonds. The molecular formula is C24H26ClN7O2. The van der Waals surface area contributed by atoms with Crippen molar-refractivity contribution >= 4 is 29.1 Å². The summed E-state index contributed by atoms with van der Waals surface area (Å²) in [4.78, 5) is 31.5. The normalized spacial score (nSPS) is 19.1. The molecule has 2 fully saturated rings. The second kappa shape index (κ2) is 9.52. The van der Waals surface area contributed by atoms with Crippen LogP contribution in [-0.4, -0.2) is 74.5 Å². The van der Waals surface area contributed by atoms with Gasteiger partial charge < -0.3 is 9.80 Å². The van der Waals surface area contributed by atoms with Crippen LogP contribution in [-0.2, 0) is 16.1 Å². The Morgan fingerprint density at radius 1 is 1.00 bits per heavy atom. The number of nitrogens with zero attached hydrogens (tertiary/aromatic N) is 7. The molecular weight excluding hydrogens is 454 g/mol. The molecule has 0 radical (unpaired) electrons. The number of carbonyl (C=O) groups excluding carboxylic acids is 2. The third-order valence-corrected chi connectivity index (χ3v) is 6.73. The average Bonchev–Trinajstić information content (AvgIpc) is 3.47. The van der Waals surface area contributed by atoms with E-state index < -0.39 is 0 Å². The summed E-state index contributed by atoms with van der Waals surface area (Å²) in [6, 6.07) is 15.2. The van der Waals surface area contributed by atoms with Gasteiger partial charge >= 0.3 is 0 Å². The third kappa shape index (κ3) is 4.67. The molecule has 2 aliphatic rings. The lowest BCUT2D eigenvalue weighted by Crippen LogP contribution is -2.50. The Bertz CT molecular complexity index is 1170. The number of aryl methyl sites for hydroxylation is 1. The van der Waals surface area contributed by atoms with Crippen LogP contribution in [0.1, 0.15) is 17.8 Å². The number of amides is 2. The summed E-state index contributed by atoms with van der Waals surface area (Å²) in [6.45, 7) is 5.76. The zero-order valence-electron chi connectivity index (χ0n) is 19.0. The lowest BCUT2D eigenvalue weighted by molar-refractivity contribution is -0.137. The van der Waals surface area contributed by atoms with E-state index in [-0.39, 0.29) is 24.2 Å². The number of halogens is 1. The topological polar surface area (TPSA) is 87.5 Å². The van der Waals surface area contributed by atoms with Gasteiger partial charge in [0, 0.05) is 49.9 Å². The molecule has 5 rings (SSSR count). The highest BCUT2D eigenvalue weighted by Gasteiger charge is 2.38. The summed E-state index contributed by atoms with van der Waals surface area (Å²) in [5.41, 5.74) is 2.88. The van der Waals surface area contributed by atoms with Crippen LogP contribution in [0.5, 0.6) is 0 Å². The Labute approximate surface area is 202 Å². The smallest absolute Gasteiger partial charge is 0.228 e. The number of carbonyl (C=O) groups is 2. The standard InChI is InChI=1S/C24H26ClN7O2/c1-17-2-6-21(7-3-17)32-22(26-27-28-32)16-29-10-12-30(13-11-29)24(34)18-14-23(33)31(15-18)20-8-4-19(25)5-9-20/h2-9,18H,10-16H2,1H3. The number of benzene rings is 2. The number of rotatable bonds is 5. The van der Waals surface area contributed by atoms with Crippen LogP contribution in [0.25, 0.3) is 5.69 Å². The van der Waals surface area contributed by atoms with E-state index in [4.69, 9.17) is 11.6 Å². The average molecular weight is 480 g/mol. The van der Waals surface area contributed by atoms with Crippen LogP contribution in [0.2, 0.25) is 5.02 Å². The van der Waals surface area contributed by atoms with E-state index in [2.05, 4.69) is 20.4 Å². The predicted octanol–water partition coefficient (Wildman–Crippen LogP) is 2.32. The molecule has 2 aliphatic heterocycles. The quantitative estimate of drug-likeness (QED) is 0.558. The number of hydrogen-bond acceptors (Lipinski definition) is 6. The van der Waals surface area contributed by atoms with Gasteiger partial charge in [-0.25, -0.2) is 0 Å². The number of piperazine rings is 1. The van der Waals surface area contributed by atoms with Gasteiger partial charge in [0.15, 0.2) is 5.82 Å². The Hall–Kier alpha value is -3.30. The molecule has 1 atom stereocenters. The molecule has 34 heavy (non-hydrogen) atoms. The van der Waals surface area contributed by atoms with Crippen molar-refractivity contribution in [1.29, 1.82) is 0 Å². The van der Waals surface area contributed by atoms with Crippen LogP contribution in [0.15, 0.2) is 48.5 Å². The molecule has 176 valence electrons. The van der Waals surface area contributed by atoms with Crippen LogP contribution in [0, 0.1) is 12.8 Å². The van der Waals surface area contributed by atoms with Crippen LogP contribution in [0.4, 0.5) is 5.69 Å². The first-order valence-electron chi connectivity index (χ1n) is 11.4. The zero-order valence-corrected chi connectivity index (χ0v) is 19.7. The second-order valence-corrected chi connectivity index (χ2v) is 9.26. The molecule has 1 unspecified atom stereocenters. The van der Waals surface area contributed by atoms with Gasteiger partial charge in [-0.05, 0) is 53.7 Å². The SMILES string of the molecule is Cc1ccc(-n2nnnc2CN2CCN(C(=O)C3CC(=O)N(c4ccc(Cl)cc4)C3)CC2)cc1. The van der Waals surface area contributed by atoms with Gasteiger partial charge in [-0.15, -0.1) is 5.10 Å². The highest BCUT2D eigenvalue weighted by atomic mass is 35.5. The lowest BCUT2D eigenvalue weighted by atomic mass is 10.1. The molecule has 3 heterocycles. The molecule has 0 bridgehead atoms. The number of tetrazole rings is 1. The van der Waals surface area contributed by atoms with Crippen molar-refractivity contribution in [2.45, 2.75) is 19.9 Å². The molecule has 0 N–H and O–H groups in total. The van der Waals surface area contributed by atoms with Crippen molar-refractivity contribution < 1.29 is 9.59 Å². The molecule has 2 saturated heterocycles. The Morgan fingerprint density at radius 2 is 1.68 bits per heavy atom. The highest BCUT2D eigenvalue weighted by Crippen LogP contribution is 2.27. The van der Waals surface area contributed by atoms with E-state index in [1.54, 1.807) is 21.7 Å². The first kappa shape index (κ1) is 22.5. The summed E-state index contributed by atoms with van der Waals surface area (Å²) in [6.07, 6.45) is 0.243. The van der Waals surface area contributed by atoms with Crippen LogP contribution >= 0.6 is 11.6 Å². The fourth-order valence-electron chi connectivity index (χ4n) is 4.52. The van der Waals surface area contributed by atoms with Gasteiger partial charge in [-0.2, -0.15) is 4.68 Å². The van der Waals surface area contributed by atoms with Gasteiger partial charge in [-0.3, -0.25) is 14.5 Å². The van der Waals surface area contributed by atoms with Gasteiger partial charge in [0.05, 0.1) is 18.2 Å². The summed E-state index contributed by atoms with van der Waals surface area (Å²) >= 11 is 5.96. The highest BCUT2D eigenvalue weighted by molar-refractivity contribution is 6.30. The maximum atomic E-state index is 13.1. The van der Waals surface area contributed by atoms with E-state index in [0.29, 0.717) is 31.2 Å². The molecule has 3 aromatic rings. The van der Waals surface area contributed by atoms with Crippen molar-refractivity contribution in [3.05, 3.63) is 64.9 Å². The maximum absolute atomic E-state index is 13.1. The summed E-state index contributed by atoms with van der Waals surface area (Å²) < 4.78 is 1.76. The minimum absolute atomic E-state index is 0.0257. The molecule has 9 nitrogen and oxygen atoms in total. The van der Waals surface area contributed by atoms with Crippen molar-refractivity contribution in [3.63, 3.8) is 0 Å². The zero-order chi connectivity index (χ0) is 23.7. The maximum Gasteiger partial charge on any atom is 0.228 e. The van der Waals surface area contributed by atoms with Crippen molar-refractivity contribution in [2.75, 3.05) is 37.6 Å². The van der Waals surface area contributed by atoms with E-state index in [1.807, 2.05) is 48.2 Å². The summed E-state index contributed by atoms with van der Waals surface area (Å²) in [5.74, 6) is 0.475. The third-order valence-electron chi connectivity index (χ3n) is 6.47. The van der Waals surface area contributed by atoms with Gasteiger partial charge in [-0.1, -0.05) is 29.3 Å². The minimum Gasteiger partial charge on any atom is -0.340 e. The lowest BCUT2D eigenvalue weighted by Gasteiger charge is -2.35. The molecule has 0 saturated carbocycles. The minimum atomic E-state index is -0.316. The Morgan fingerprint density at radius 3 is 2.38 bits per heavy atom. The van der Waals surface area contributed by atoms with Crippen molar-refractivity contribution in [2.24, 2.45) is 5.92 Å². The molecule has 0 spiro atoms. The number of hydrogen-bond donors (Lipinski definition) is 0. The van der Waals surface area contributed by atoms with Gasteiger partial charge in [0.25, 0.3) is 0 Å². The van der Waals surface area contributed by atoms with E-state index in [9.17, 15) is 9.59 Å². The molecule has 10 heteroatoms. The predicted molar refractivity (Wildman–Crippen MR) is 128 cm³/mol. The van der Waals surface area contributed by atoms with E-state index >= 15 is 0 Å². The number of anilines is 1. The summed E-state index contributed by atoms with van der Waals surface area (Å²) in [7, 11) is 0. The monoisotopic (exact) mass is 479 g/mol. The molecule has 2 aromatic carbocycles. The molecule has 1 aromatic heterocycles. The molecule has 0 aliphatic carbocycles. The van der Waals surface area contributed by atoms with E-state index in [1.165, 1.54) is 5.56 Å². The second-order valence-electron chi connectivity index (χ2n) is 8.83. The van der Waals surface area contributed by atoms with Crippen molar-refractivity contribution in [3.8, 4) is 5.69 Å². The first-order valence-corrected chi connectivity index (χ1v) is 11.8. The van der Waals surface area contributed by atoms with Crippen molar-refractivity contribution in [1.82, 2.24) is 30.0 Å². The fourth-order valence-corrected chi connectivity index (χ4v) is 4.64. The first-order chi connectivity index (χ1) is 16.5.